The first kappa shape index (κ1) is 17.0. The maximum Gasteiger partial charge on any atom is 0.435 e. The SMILES string of the molecule is O=C(NCCn1nc(C(F)(F)F)c2c1CCCC2)C1CC=CCC1. The number of halogens is 3. The van der Waals surface area contributed by atoms with E-state index in [1.807, 2.05) is 6.08 Å². The Balaban J connectivity index is 1.64. The lowest BCUT2D eigenvalue weighted by Gasteiger charge is -2.18. The van der Waals surface area contributed by atoms with E-state index in [0.717, 1.165) is 32.1 Å². The smallest absolute Gasteiger partial charge is 0.354 e. The molecule has 1 aromatic rings. The van der Waals surface area contributed by atoms with Gasteiger partial charge in [-0.1, -0.05) is 12.2 Å². The van der Waals surface area contributed by atoms with Crippen molar-refractivity contribution in [3.8, 4) is 0 Å². The van der Waals surface area contributed by atoms with Crippen molar-refractivity contribution in [3.05, 3.63) is 29.1 Å². The van der Waals surface area contributed by atoms with Crippen LogP contribution in [0.3, 0.4) is 0 Å². The molecule has 1 unspecified atom stereocenters. The Bertz CT molecular complexity index is 634. The molecule has 0 bridgehead atoms. The lowest BCUT2D eigenvalue weighted by atomic mass is 9.94. The summed E-state index contributed by atoms with van der Waals surface area (Å²) in [6.07, 6.45) is 4.85. The van der Waals surface area contributed by atoms with Crippen LogP contribution >= 0.6 is 0 Å². The van der Waals surface area contributed by atoms with Crippen molar-refractivity contribution >= 4 is 5.91 Å². The molecule has 0 saturated heterocycles. The molecule has 1 atom stereocenters. The van der Waals surface area contributed by atoms with E-state index in [9.17, 15) is 18.0 Å². The second kappa shape index (κ2) is 6.99. The zero-order chi connectivity index (χ0) is 17.2. The first-order valence-electron chi connectivity index (χ1n) is 8.55. The highest BCUT2D eigenvalue weighted by atomic mass is 19.4. The summed E-state index contributed by atoms with van der Waals surface area (Å²) in [5.74, 6) is -0.0382. The van der Waals surface area contributed by atoms with Crippen molar-refractivity contribution in [1.29, 1.82) is 0 Å². The number of fused-ring (bicyclic) bond motifs is 1. The van der Waals surface area contributed by atoms with Crippen LogP contribution in [0.15, 0.2) is 12.2 Å². The van der Waals surface area contributed by atoms with Gasteiger partial charge in [0.05, 0.1) is 6.54 Å². The van der Waals surface area contributed by atoms with Crippen molar-refractivity contribution < 1.29 is 18.0 Å². The fraction of sp³-hybridized carbons (Fsp3) is 0.647. The molecule has 0 fully saturated rings. The lowest BCUT2D eigenvalue weighted by Crippen LogP contribution is -2.34. The van der Waals surface area contributed by atoms with Gasteiger partial charge in [-0.2, -0.15) is 18.3 Å². The maximum absolute atomic E-state index is 13.1. The summed E-state index contributed by atoms with van der Waals surface area (Å²) < 4.78 is 40.8. The van der Waals surface area contributed by atoms with E-state index in [2.05, 4.69) is 16.5 Å². The number of carbonyl (C=O) groups is 1. The van der Waals surface area contributed by atoms with Gasteiger partial charge in [0.25, 0.3) is 0 Å². The van der Waals surface area contributed by atoms with Crippen molar-refractivity contribution in [2.75, 3.05) is 6.54 Å². The quantitative estimate of drug-likeness (QED) is 0.855. The molecule has 0 aliphatic heterocycles. The summed E-state index contributed by atoms with van der Waals surface area (Å²) in [5.41, 5.74) is 0.280. The zero-order valence-electron chi connectivity index (χ0n) is 13.5. The number of hydrogen-bond donors (Lipinski definition) is 1. The highest BCUT2D eigenvalue weighted by Gasteiger charge is 2.39. The van der Waals surface area contributed by atoms with Crippen molar-refractivity contribution in [3.63, 3.8) is 0 Å². The number of amides is 1. The second-order valence-electron chi connectivity index (χ2n) is 6.47. The van der Waals surface area contributed by atoms with Gasteiger partial charge in [-0.3, -0.25) is 9.48 Å². The van der Waals surface area contributed by atoms with Crippen LogP contribution < -0.4 is 5.32 Å². The van der Waals surface area contributed by atoms with E-state index in [1.165, 1.54) is 4.68 Å². The summed E-state index contributed by atoms with van der Waals surface area (Å²) in [5, 5.41) is 6.64. The van der Waals surface area contributed by atoms with Gasteiger partial charge in [-0.25, -0.2) is 0 Å². The van der Waals surface area contributed by atoms with Crippen LogP contribution in [0.4, 0.5) is 13.2 Å². The zero-order valence-corrected chi connectivity index (χ0v) is 13.5. The van der Waals surface area contributed by atoms with Crippen LogP contribution in [0.2, 0.25) is 0 Å². The minimum atomic E-state index is -4.41. The van der Waals surface area contributed by atoms with Gasteiger partial charge in [0.15, 0.2) is 5.69 Å². The van der Waals surface area contributed by atoms with Crippen molar-refractivity contribution in [1.82, 2.24) is 15.1 Å². The minimum Gasteiger partial charge on any atom is -0.354 e. The van der Waals surface area contributed by atoms with E-state index < -0.39 is 11.9 Å². The minimum absolute atomic E-state index is 0.0172. The predicted molar refractivity (Wildman–Crippen MR) is 83.4 cm³/mol. The van der Waals surface area contributed by atoms with Gasteiger partial charge < -0.3 is 5.32 Å². The van der Waals surface area contributed by atoms with Gasteiger partial charge in [0.2, 0.25) is 5.91 Å². The molecule has 2 aliphatic carbocycles. The van der Waals surface area contributed by atoms with Crippen molar-refractivity contribution in [2.45, 2.75) is 57.7 Å². The molecule has 4 nitrogen and oxygen atoms in total. The molecule has 1 amide bonds. The molecule has 7 heteroatoms. The Morgan fingerprint density at radius 3 is 2.79 bits per heavy atom. The third kappa shape index (κ3) is 3.65. The van der Waals surface area contributed by atoms with Gasteiger partial charge >= 0.3 is 6.18 Å². The number of nitrogens with zero attached hydrogens (tertiary/aromatic N) is 2. The Hall–Kier alpha value is -1.79. The van der Waals surface area contributed by atoms with Crippen LogP contribution in [-0.4, -0.2) is 22.2 Å². The van der Waals surface area contributed by atoms with Gasteiger partial charge in [0.1, 0.15) is 0 Å². The Morgan fingerprint density at radius 2 is 2.08 bits per heavy atom. The molecule has 0 aromatic carbocycles. The molecule has 1 heterocycles. The molecule has 0 spiro atoms. The standard InChI is InChI=1S/C17H22F3N3O/c18-17(19,20)15-13-8-4-5-9-14(13)23(22-15)11-10-21-16(24)12-6-2-1-3-7-12/h1-2,12H,3-11H2,(H,21,24). The number of aromatic nitrogens is 2. The van der Waals surface area contributed by atoms with E-state index in [1.54, 1.807) is 0 Å². The van der Waals surface area contributed by atoms with Crippen LogP contribution in [0, 0.1) is 5.92 Å². The van der Waals surface area contributed by atoms with E-state index in [0.29, 0.717) is 30.6 Å². The average molecular weight is 341 g/mol. The number of rotatable bonds is 4. The topological polar surface area (TPSA) is 46.9 Å². The van der Waals surface area contributed by atoms with Crippen LogP contribution in [0.5, 0.6) is 0 Å². The predicted octanol–water partition coefficient (Wildman–Crippen LogP) is 3.25. The number of nitrogens with one attached hydrogen (secondary N) is 1. The number of alkyl halides is 3. The summed E-state index contributed by atoms with van der Waals surface area (Å²) in [7, 11) is 0. The Kier molecular flexibility index (Phi) is 4.96. The third-order valence-electron chi connectivity index (χ3n) is 4.79. The first-order valence-corrected chi connectivity index (χ1v) is 8.55. The highest BCUT2D eigenvalue weighted by Crippen LogP contribution is 2.35. The Morgan fingerprint density at radius 1 is 1.29 bits per heavy atom. The number of hydrogen-bond acceptors (Lipinski definition) is 2. The van der Waals surface area contributed by atoms with E-state index in [4.69, 9.17) is 0 Å². The van der Waals surface area contributed by atoms with Crippen LogP contribution in [0.25, 0.3) is 0 Å². The lowest BCUT2D eigenvalue weighted by molar-refractivity contribution is -0.142. The van der Waals surface area contributed by atoms with Gasteiger partial charge in [-0.05, 0) is 44.9 Å². The maximum atomic E-state index is 13.1. The first-order chi connectivity index (χ1) is 11.5. The Labute approximate surface area is 139 Å². The molecule has 1 aromatic heterocycles. The van der Waals surface area contributed by atoms with Crippen LogP contribution in [-0.2, 0) is 30.4 Å². The van der Waals surface area contributed by atoms with Gasteiger partial charge in [0, 0.05) is 23.7 Å². The number of allylic oxidation sites excluding steroid dienone is 2. The molecule has 2 aliphatic rings. The second-order valence-corrected chi connectivity index (χ2v) is 6.47. The molecule has 24 heavy (non-hydrogen) atoms. The molecule has 3 rings (SSSR count). The molecule has 132 valence electrons. The molecular weight excluding hydrogens is 319 g/mol. The summed E-state index contributed by atoms with van der Waals surface area (Å²) in [6, 6.07) is 0. The summed E-state index contributed by atoms with van der Waals surface area (Å²) >= 11 is 0. The van der Waals surface area contributed by atoms with Crippen LogP contribution in [0.1, 0.15) is 49.1 Å². The largest absolute Gasteiger partial charge is 0.435 e. The summed E-state index contributed by atoms with van der Waals surface area (Å²) in [4.78, 5) is 12.1. The normalized spacial score (nSPS) is 20.7. The fourth-order valence-corrected chi connectivity index (χ4v) is 3.54. The third-order valence-corrected chi connectivity index (χ3v) is 4.79. The number of carbonyl (C=O) groups excluding carboxylic acids is 1. The molecule has 0 radical (unpaired) electrons. The van der Waals surface area contributed by atoms with Gasteiger partial charge in [-0.15, -0.1) is 0 Å². The van der Waals surface area contributed by atoms with E-state index >= 15 is 0 Å². The molecule has 0 saturated carbocycles. The summed E-state index contributed by atoms with van der Waals surface area (Å²) in [6.45, 7) is 0.594. The molecular formula is C17H22F3N3O. The van der Waals surface area contributed by atoms with Crippen molar-refractivity contribution in [2.24, 2.45) is 5.92 Å². The average Bonchev–Trinajstić information content (AvgIpc) is 2.95. The van der Waals surface area contributed by atoms with E-state index in [-0.39, 0.29) is 18.4 Å². The monoisotopic (exact) mass is 341 g/mol. The highest BCUT2D eigenvalue weighted by molar-refractivity contribution is 5.78. The fourth-order valence-electron chi connectivity index (χ4n) is 3.54. The molecule has 1 N–H and O–H groups in total.